The second-order valence-corrected chi connectivity index (χ2v) is 8.32. The first-order chi connectivity index (χ1) is 9.32. The van der Waals surface area contributed by atoms with Gasteiger partial charge in [0.15, 0.2) is 0 Å². The fraction of sp³-hybridized carbons (Fsp3) is 0.353. The van der Waals surface area contributed by atoms with Gasteiger partial charge in [-0.1, -0.05) is 45.0 Å². The molecule has 0 atom stereocenters. The summed E-state index contributed by atoms with van der Waals surface area (Å²) in [5.41, 5.74) is 1.89. The van der Waals surface area contributed by atoms with E-state index in [2.05, 4.69) is 46.0 Å². The van der Waals surface area contributed by atoms with Gasteiger partial charge in [-0.05, 0) is 35.5 Å². The number of aldehydes is 1. The fourth-order valence-electron chi connectivity index (χ4n) is 2.29. The van der Waals surface area contributed by atoms with E-state index in [-0.39, 0.29) is 5.41 Å². The van der Waals surface area contributed by atoms with E-state index < -0.39 is 9.04 Å². The molecule has 1 radical (unpaired) electrons. The van der Waals surface area contributed by atoms with Gasteiger partial charge >= 0.3 is 0 Å². The van der Waals surface area contributed by atoms with Crippen LogP contribution in [0.3, 0.4) is 0 Å². The molecule has 3 heteroatoms. The molecule has 0 aliphatic heterocycles. The Hall–Kier alpha value is -1.61. The molecular formula is C17H21O2Si. The van der Waals surface area contributed by atoms with E-state index in [1.807, 2.05) is 18.2 Å². The zero-order chi connectivity index (χ0) is 14.9. The normalized spacial score (nSPS) is 11.9. The van der Waals surface area contributed by atoms with Crippen LogP contribution in [0.1, 0.15) is 36.7 Å². The Labute approximate surface area is 122 Å². The summed E-state index contributed by atoms with van der Waals surface area (Å²) in [4.78, 5) is 11.0. The van der Waals surface area contributed by atoms with Crippen LogP contribution in [0.5, 0.6) is 5.75 Å². The van der Waals surface area contributed by atoms with Crippen molar-refractivity contribution in [2.24, 2.45) is 0 Å². The standard InChI is InChI=1S/C17H21O2Si/c1-17(2,3)15-9-8-13-7-6-12(11-18)10-14(13)16(15)19-20(4)5/h6-11H,1-5H3. The first-order valence-corrected chi connectivity index (χ1v) is 9.24. The Balaban J connectivity index is 2.77. The number of hydrogen-bond acceptors (Lipinski definition) is 2. The molecule has 0 aromatic heterocycles. The number of carbonyl (C=O) groups is 1. The molecule has 105 valence electrons. The van der Waals surface area contributed by atoms with Crippen molar-refractivity contribution in [3.05, 3.63) is 41.5 Å². The van der Waals surface area contributed by atoms with Crippen LogP contribution in [0.15, 0.2) is 30.3 Å². The average Bonchev–Trinajstić information content (AvgIpc) is 2.36. The lowest BCUT2D eigenvalue weighted by molar-refractivity contribution is 0.112. The van der Waals surface area contributed by atoms with Gasteiger partial charge in [0.1, 0.15) is 12.0 Å². The van der Waals surface area contributed by atoms with Crippen LogP contribution in [-0.2, 0) is 5.41 Å². The Morgan fingerprint density at radius 2 is 1.75 bits per heavy atom. The summed E-state index contributed by atoms with van der Waals surface area (Å²) in [5.74, 6) is 0.942. The molecule has 2 nitrogen and oxygen atoms in total. The molecule has 0 amide bonds. The first kappa shape index (κ1) is 14.8. The summed E-state index contributed by atoms with van der Waals surface area (Å²) in [5, 5.41) is 2.15. The van der Waals surface area contributed by atoms with Gasteiger partial charge in [-0.25, -0.2) is 0 Å². The number of carbonyl (C=O) groups excluding carboxylic acids is 1. The molecule has 0 unspecified atom stereocenters. The van der Waals surface area contributed by atoms with Gasteiger partial charge in [0.2, 0.25) is 0 Å². The minimum atomic E-state index is -0.867. The van der Waals surface area contributed by atoms with E-state index in [4.69, 9.17) is 4.43 Å². The third-order valence-electron chi connectivity index (χ3n) is 3.25. The minimum Gasteiger partial charge on any atom is -0.542 e. The SMILES string of the molecule is C[Si](C)Oc1c(C(C)(C)C)ccc2ccc(C=O)cc12. The van der Waals surface area contributed by atoms with Gasteiger partial charge in [-0.15, -0.1) is 0 Å². The fourth-order valence-corrected chi connectivity index (χ4v) is 2.92. The summed E-state index contributed by atoms with van der Waals surface area (Å²) >= 11 is 0. The molecule has 0 saturated carbocycles. The van der Waals surface area contributed by atoms with Crippen molar-refractivity contribution in [1.29, 1.82) is 0 Å². The van der Waals surface area contributed by atoms with Crippen LogP contribution in [-0.4, -0.2) is 15.3 Å². The summed E-state index contributed by atoms with van der Waals surface area (Å²) < 4.78 is 6.17. The summed E-state index contributed by atoms with van der Waals surface area (Å²) in [6.07, 6.45) is 0.886. The van der Waals surface area contributed by atoms with Crippen LogP contribution in [0, 0.1) is 0 Å². The van der Waals surface area contributed by atoms with Gasteiger partial charge in [0.25, 0.3) is 9.04 Å². The van der Waals surface area contributed by atoms with Crippen molar-refractivity contribution in [2.75, 3.05) is 0 Å². The molecule has 0 N–H and O–H groups in total. The lowest BCUT2D eigenvalue weighted by Crippen LogP contribution is -2.18. The highest BCUT2D eigenvalue weighted by Gasteiger charge is 2.21. The predicted molar refractivity (Wildman–Crippen MR) is 86.1 cm³/mol. The molecule has 0 fully saturated rings. The third kappa shape index (κ3) is 2.93. The molecule has 2 aromatic rings. The monoisotopic (exact) mass is 285 g/mol. The smallest absolute Gasteiger partial charge is 0.274 e. The molecule has 0 saturated heterocycles. The molecule has 2 aromatic carbocycles. The van der Waals surface area contributed by atoms with Crippen molar-refractivity contribution in [1.82, 2.24) is 0 Å². The first-order valence-electron chi connectivity index (χ1n) is 6.83. The van der Waals surface area contributed by atoms with Gasteiger partial charge < -0.3 is 4.43 Å². The maximum Gasteiger partial charge on any atom is 0.274 e. The number of rotatable bonds is 3. The van der Waals surface area contributed by atoms with Crippen LogP contribution >= 0.6 is 0 Å². The Bertz CT molecular complexity index is 639. The predicted octanol–water partition coefficient (Wildman–Crippen LogP) is 4.58. The Morgan fingerprint density at radius 3 is 2.30 bits per heavy atom. The Kier molecular flexibility index (Phi) is 4.00. The minimum absolute atomic E-state index is 0.0119. The highest BCUT2D eigenvalue weighted by Crippen LogP contribution is 2.38. The van der Waals surface area contributed by atoms with Crippen LogP contribution in [0.25, 0.3) is 10.8 Å². The number of benzene rings is 2. The second-order valence-electron chi connectivity index (χ2n) is 6.30. The van der Waals surface area contributed by atoms with E-state index in [1.54, 1.807) is 0 Å². The lowest BCUT2D eigenvalue weighted by Gasteiger charge is -2.25. The quantitative estimate of drug-likeness (QED) is 0.609. The highest BCUT2D eigenvalue weighted by molar-refractivity contribution is 6.49. The number of fused-ring (bicyclic) bond motifs is 1. The molecular weight excluding hydrogens is 264 g/mol. The van der Waals surface area contributed by atoms with Gasteiger partial charge in [0, 0.05) is 10.9 Å². The topological polar surface area (TPSA) is 26.3 Å². The van der Waals surface area contributed by atoms with Gasteiger partial charge in [0.05, 0.1) is 0 Å². The maximum absolute atomic E-state index is 11.0. The van der Waals surface area contributed by atoms with Crippen molar-refractivity contribution >= 4 is 26.1 Å². The zero-order valence-corrected chi connectivity index (χ0v) is 13.8. The largest absolute Gasteiger partial charge is 0.542 e. The van der Waals surface area contributed by atoms with Crippen LogP contribution < -0.4 is 4.43 Å². The average molecular weight is 285 g/mol. The molecule has 0 heterocycles. The Morgan fingerprint density at radius 1 is 1.10 bits per heavy atom. The summed E-state index contributed by atoms with van der Waals surface area (Å²) in [6, 6.07) is 10.0. The molecule has 2 rings (SSSR count). The van der Waals surface area contributed by atoms with E-state index in [0.717, 1.165) is 22.8 Å². The molecule has 0 bridgehead atoms. The molecule has 0 aliphatic carbocycles. The second kappa shape index (κ2) is 5.41. The molecule has 0 aliphatic rings. The van der Waals surface area contributed by atoms with E-state index in [1.165, 1.54) is 5.56 Å². The van der Waals surface area contributed by atoms with Crippen molar-refractivity contribution < 1.29 is 9.22 Å². The van der Waals surface area contributed by atoms with Crippen LogP contribution in [0.4, 0.5) is 0 Å². The highest BCUT2D eigenvalue weighted by atomic mass is 28.3. The van der Waals surface area contributed by atoms with E-state index >= 15 is 0 Å². The van der Waals surface area contributed by atoms with Crippen molar-refractivity contribution in [3.8, 4) is 5.75 Å². The third-order valence-corrected chi connectivity index (χ3v) is 3.86. The maximum atomic E-state index is 11.0. The van der Waals surface area contributed by atoms with E-state index in [0.29, 0.717) is 5.56 Å². The number of hydrogen-bond donors (Lipinski definition) is 0. The molecule has 0 spiro atoms. The summed E-state index contributed by atoms with van der Waals surface area (Å²) in [7, 11) is -0.867. The zero-order valence-electron chi connectivity index (χ0n) is 12.8. The van der Waals surface area contributed by atoms with Crippen molar-refractivity contribution in [2.45, 2.75) is 39.3 Å². The lowest BCUT2D eigenvalue weighted by atomic mass is 9.85. The van der Waals surface area contributed by atoms with Crippen LogP contribution in [0.2, 0.25) is 13.1 Å². The van der Waals surface area contributed by atoms with Crippen molar-refractivity contribution in [3.63, 3.8) is 0 Å². The summed E-state index contributed by atoms with van der Waals surface area (Å²) in [6.45, 7) is 10.8. The van der Waals surface area contributed by atoms with Gasteiger partial charge in [-0.2, -0.15) is 0 Å². The van der Waals surface area contributed by atoms with E-state index in [9.17, 15) is 4.79 Å². The molecule has 20 heavy (non-hydrogen) atoms. The van der Waals surface area contributed by atoms with Gasteiger partial charge in [-0.3, -0.25) is 4.79 Å².